The third kappa shape index (κ3) is 134. The molecule has 0 aliphatic rings. The standard InChI is InChI=1S/F.Mn.Na.H3O4P/c;;;1-5(2,3)4/h;;;(H3,1,2,3,4)/q;+2;+1;/p-3. The fourth-order valence-corrected chi connectivity index (χ4v) is 0. The average molecular weight is 192 g/mol. The Bertz CT molecular complexity index is 62.2. The fourth-order valence-electron chi connectivity index (χ4n) is 0. The number of halogens is 1. The maximum atomic E-state index is 8.55. The van der Waals surface area contributed by atoms with E-state index < -0.39 is 7.82 Å². The molecule has 0 fully saturated rings. The Morgan fingerprint density at radius 1 is 1.12 bits per heavy atom. The molecule has 44 valence electrons. The largest absolute Gasteiger partial charge is 2.00 e. The molecule has 2 radical (unpaired) electrons. The van der Waals surface area contributed by atoms with Crippen LogP contribution >= 0.6 is 7.82 Å². The zero-order chi connectivity index (χ0) is 4.50. The Morgan fingerprint density at radius 3 is 1.12 bits per heavy atom. The molecular formula is FMnNaO4P. The van der Waals surface area contributed by atoms with Gasteiger partial charge in [-0.05, 0) is 0 Å². The first-order chi connectivity index (χ1) is 2.00. The second-order valence-corrected chi connectivity index (χ2v) is 1.34. The van der Waals surface area contributed by atoms with E-state index in [1.807, 2.05) is 0 Å². The van der Waals surface area contributed by atoms with E-state index >= 15 is 0 Å². The van der Waals surface area contributed by atoms with Crippen LogP contribution in [-0.4, -0.2) is 0 Å². The minimum Gasteiger partial charge on any atom is -0.822 e. The maximum absolute atomic E-state index is 8.55. The van der Waals surface area contributed by atoms with E-state index in [4.69, 9.17) is 19.2 Å². The summed E-state index contributed by atoms with van der Waals surface area (Å²) in [5.41, 5.74) is 0. The Kier molecular flexibility index (Phi) is 24.2. The topological polar surface area (TPSA) is 86.2 Å². The quantitative estimate of drug-likeness (QED) is 0.283. The van der Waals surface area contributed by atoms with E-state index in [0.717, 1.165) is 0 Å². The van der Waals surface area contributed by atoms with Crippen molar-refractivity contribution in [2.24, 2.45) is 0 Å². The van der Waals surface area contributed by atoms with E-state index in [9.17, 15) is 0 Å². The molecule has 0 rings (SSSR count). The summed E-state index contributed by atoms with van der Waals surface area (Å²) < 4.78 is 8.55. The van der Waals surface area contributed by atoms with Gasteiger partial charge in [0.25, 0.3) is 0 Å². The van der Waals surface area contributed by atoms with Crippen molar-refractivity contribution in [1.82, 2.24) is 0 Å². The Morgan fingerprint density at radius 2 is 1.12 bits per heavy atom. The number of hydrogen-bond acceptors (Lipinski definition) is 4. The average Bonchev–Trinajstić information content (AvgIpc) is 0.722. The van der Waals surface area contributed by atoms with Crippen LogP contribution in [0.4, 0.5) is 4.70 Å². The number of phosphoric acid groups is 1. The van der Waals surface area contributed by atoms with Crippen molar-refractivity contribution in [3.05, 3.63) is 0 Å². The van der Waals surface area contributed by atoms with Gasteiger partial charge in [-0.15, -0.1) is 0 Å². The number of rotatable bonds is 0. The summed E-state index contributed by atoms with van der Waals surface area (Å²) in [5.74, 6) is 0. The van der Waals surface area contributed by atoms with Crippen molar-refractivity contribution < 1.29 is 70.6 Å². The summed E-state index contributed by atoms with van der Waals surface area (Å²) in [5, 5.41) is 0. The molecule has 8 heavy (non-hydrogen) atoms. The molecule has 0 aromatic rings. The van der Waals surface area contributed by atoms with Crippen molar-refractivity contribution in [2.75, 3.05) is 0 Å². The van der Waals surface area contributed by atoms with E-state index in [0.29, 0.717) is 0 Å². The van der Waals surface area contributed by atoms with Gasteiger partial charge in [0, 0.05) is 4.70 Å². The van der Waals surface area contributed by atoms with Gasteiger partial charge in [0.1, 0.15) is 0 Å². The molecule has 0 saturated carbocycles. The van der Waals surface area contributed by atoms with Gasteiger partial charge in [0.2, 0.25) is 0 Å². The minimum absolute atomic E-state index is 0. The van der Waals surface area contributed by atoms with Gasteiger partial charge in [0.05, 0.1) is 0 Å². The van der Waals surface area contributed by atoms with E-state index in [1.54, 1.807) is 0 Å². The molecule has 0 heterocycles. The maximum Gasteiger partial charge on any atom is 2.00 e. The second-order valence-electron chi connectivity index (χ2n) is 0.447. The van der Waals surface area contributed by atoms with Gasteiger partial charge in [-0.25, -0.2) is 0 Å². The summed E-state index contributed by atoms with van der Waals surface area (Å²) >= 11 is 0. The Balaban J connectivity index is -0.0000000267. The zero-order valence-corrected chi connectivity index (χ0v) is 7.91. The zero-order valence-electron chi connectivity index (χ0n) is 3.84. The van der Waals surface area contributed by atoms with Crippen LogP contribution in [0.1, 0.15) is 0 Å². The molecule has 0 N–H and O–H groups in total. The minimum atomic E-state index is -5.39. The smallest absolute Gasteiger partial charge is 0.822 e. The molecular weight excluding hydrogens is 192 g/mol. The second kappa shape index (κ2) is 8.56. The Labute approximate surface area is 78.0 Å². The third-order valence-electron chi connectivity index (χ3n) is 0. The SMILES string of the molecule is O=P([O-])([O-])[O-].[F].[Mn+2].[Na+]. The van der Waals surface area contributed by atoms with Crippen molar-refractivity contribution in [3.8, 4) is 0 Å². The van der Waals surface area contributed by atoms with Crippen LogP contribution < -0.4 is 44.2 Å². The van der Waals surface area contributed by atoms with Crippen molar-refractivity contribution in [1.29, 1.82) is 0 Å². The summed E-state index contributed by atoms with van der Waals surface area (Å²) in [4.78, 5) is 25.6. The summed E-state index contributed by atoms with van der Waals surface area (Å²) in [7, 11) is -5.39. The summed E-state index contributed by atoms with van der Waals surface area (Å²) in [6.07, 6.45) is 0. The molecule has 8 heteroatoms. The van der Waals surface area contributed by atoms with Crippen LogP contribution in [0.3, 0.4) is 0 Å². The van der Waals surface area contributed by atoms with Crippen LogP contribution in [0.5, 0.6) is 0 Å². The molecule has 0 amide bonds. The first kappa shape index (κ1) is 22.7. The van der Waals surface area contributed by atoms with Gasteiger partial charge in [0.15, 0.2) is 0 Å². The first-order valence-electron chi connectivity index (χ1n) is 0.730. The molecule has 0 aromatic heterocycles. The van der Waals surface area contributed by atoms with Crippen LogP contribution in [0.15, 0.2) is 0 Å². The molecule has 0 spiro atoms. The number of hydrogen-bond donors (Lipinski definition) is 0. The monoisotopic (exact) mass is 192 g/mol. The fraction of sp³-hybridized carbons (Fsp3) is 0. The van der Waals surface area contributed by atoms with Crippen LogP contribution in [0.25, 0.3) is 0 Å². The summed E-state index contributed by atoms with van der Waals surface area (Å²) in [6, 6.07) is 0. The van der Waals surface area contributed by atoms with Crippen LogP contribution in [-0.2, 0) is 21.6 Å². The van der Waals surface area contributed by atoms with Crippen LogP contribution in [0, 0.1) is 0 Å². The van der Waals surface area contributed by atoms with E-state index in [-0.39, 0.29) is 51.3 Å². The predicted molar refractivity (Wildman–Crippen MR) is 8.71 cm³/mol. The van der Waals surface area contributed by atoms with Gasteiger partial charge < -0.3 is 19.2 Å². The van der Waals surface area contributed by atoms with Gasteiger partial charge in [-0.2, -0.15) is 7.82 Å². The molecule has 4 nitrogen and oxygen atoms in total. The molecule has 0 saturated heterocycles. The normalized spacial score (nSPS) is 7.38. The van der Waals surface area contributed by atoms with Crippen LogP contribution in [0.2, 0.25) is 0 Å². The summed E-state index contributed by atoms with van der Waals surface area (Å²) in [6.45, 7) is 0. The predicted octanol–water partition coefficient (Wildman–Crippen LogP) is -5.40. The van der Waals surface area contributed by atoms with E-state index in [2.05, 4.69) is 0 Å². The molecule has 0 atom stereocenters. The van der Waals surface area contributed by atoms with Gasteiger partial charge >= 0.3 is 46.6 Å². The molecule has 0 aromatic carbocycles. The van der Waals surface area contributed by atoms with E-state index in [1.165, 1.54) is 0 Å². The third-order valence-corrected chi connectivity index (χ3v) is 0. The molecule has 0 aliphatic heterocycles. The first-order valence-corrected chi connectivity index (χ1v) is 2.19. The Hall–Kier alpha value is 1.56. The van der Waals surface area contributed by atoms with Crippen molar-refractivity contribution in [3.63, 3.8) is 0 Å². The van der Waals surface area contributed by atoms with Gasteiger partial charge in [-0.3, -0.25) is 0 Å². The van der Waals surface area contributed by atoms with Crippen molar-refractivity contribution >= 4 is 7.82 Å². The molecule has 0 unspecified atom stereocenters. The molecule has 0 aliphatic carbocycles. The molecule has 0 bridgehead atoms. The van der Waals surface area contributed by atoms with Crippen molar-refractivity contribution in [2.45, 2.75) is 0 Å². The van der Waals surface area contributed by atoms with Gasteiger partial charge in [-0.1, -0.05) is 0 Å².